The zero-order valence-corrected chi connectivity index (χ0v) is 16.7. The Morgan fingerprint density at radius 3 is 2.36 bits per heavy atom. The summed E-state index contributed by atoms with van der Waals surface area (Å²) in [5.74, 6) is 2.48. The minimum absolute atomic E-state index is 0.744. The molecule has 4 rings (SSSR count). The minimum atomic E-state index is 0.744. The molecule has 0 saturated carbocycles. The zero-order valence-electron chi connectivity index (χ0n) is 15.1. The molecular weight excluding hydrogens is 386 g/mol. The molecule has 0 aliphatic rings. The van der Waals surface area contributed by atoms with Crippen molar-refractivity contribution in [1.82, 2.24) is 10.2 Å². The molecule has 0 fully saturated rings. The molecule has 0 aliphatic heterocycles. The number of ether oxygens (including phenoxy) is 1. The minimum Gasteiger partial charge on any atom is -0.457 e. The second-order valence-corrected chi connectivity index (χ2v) is 8.22. The molecule has 6 heteroatoms. The van der Waals surface area contributed by atoms with Crippen molar-refractivity contribution in [1.29, 1.82) is 0 Å². The Balaban J connectivity index is 1.35. The number of nitrogens with one attached hydrogen (secondary N) is 1. The number of rotatable bonds is 8. The van der Waals surface area contributed by atoms with E-state index in [-0.39, 0.29) is 0 Å². The summed E-state index contributed by atoms with van der Waals surface area (Å²) in [7, 11) is 0. The molecule has 4 aromatic rings. The summed E-state index contributed by atoms with van der Waals surface area (Å²) in [6.45, 7) is 0.744. The van der Waals surface area contributed by atoms with Gasteiger partial charge in [-0.3, -0.25) is 0 Å². The molecule has 28 heavy (non-hydrogen) atoms. The molecule has 0 spiro atoms. The average Bonchev–Trinajstić information content (AvgIpc) is 3.21. The van der Waals surface area contributed by atoms with Gasteiger partial charge in [0, 0.05) is 17.9 Å². The summed E-state index contributed by atoms with van der Waals surface area (Å²) >= 11 is 3.24. The largest absolute Gasteiger partial charge is 0.457 e. The van der Waals surface area contributed by atoms with E-state index in [4.69, 9.17) is 4.74 Å². The first-order valence-corrected chi connectivity index (χ1v) is 10.7. The Kier molecular flexibility index (Phi) is 6.22. The van der Waals surface area contributed by atoms with Gasteiger partial charge in [-0.25, -0.2) is 0 Å². The molecule has 0 aliphatic carbocycles. The van der Waals surface area contributed by atoms with E-state index in [0.717, 1.165) is 38.8 Å². The first-order valence-electron chi connectivity index (χ1n) is 8.92. The van der Waals surface area contributed by atoms with E-state index in [1.54, 1.807) is 23.1 Å². The van der Waals surface area contributed by atoms with Gasteiger partial charge in [0.15, 0.2) is 4.34 Å². The number of hydrogen-bond acceptors (Lipinski definition) is 6. The highest BCUT2D eigenvalue weighted by Gasteiger charge is 2.09. The van der Waals surface area contributed by atoms with Crippen LogP contribution >= 0.6 is 23.1 Å². The van der Waals surface area contributed by atoms with E-state index in [1.807, 2.05) is 66.7 Å². The Morgan fingerprint density at radius 1 is 0.821 bits per heavy atom. The third-order valence-corrected chi connectivity index (χ3v) is 6.05. The maximum atomic E-state index is 6.03. The maximum Gasteiger partial charge on any atom is 0.206 e. The van der Waals surface area contributed by atoms with Crippen LogP contribution in [-0.2, 0) is 12.3 Å². The molecule has 0 atom stereocenters. The van der Waals surface area contributed by atoms with Crippen LogP contribution < -0.4 is 10.1 Å². The summed E-state index contributed by atoms with van der Waals surface area (Å²) in [6, 6.07) is 28.2. The molecule has 3 aromatic carbocycles. The monoisotopic (exact) mass is 405 g/mol. The van der Waals surface area contributed by atoms with Crippen molar-refractivity contribution in [2.45, 2.75) is 16.6 Å². The van der Waals surface area contributed by atoms with Crippen molar-refractivity contribution in [3.63, 3.8) is 0 Å². The smallest absolute Gasteiger partial charge is 0.206 e. The molecule has 140 valence electrons. The quantitative estimate of drug-likeness (QED) is 0.352. The fraction of sp³-hybridized carbons (Fsp3) is 0.0909. The Morgan fingerprint density at radius 2 is 1.54 bits per heavy atom. The van der Waals surface area contributed by atoms with Gasteiger partial charge in [0.2, 0.25) is 5.13 Å². The van der Waals surface area contributed by atoms with Gasteiger partial charge in [-0.2, -0.15) is 0 Å². The van der Waals surface area contributed by atoms with Crippen LogP contribution in [0.15, 0.2) is 89.3 Å². The van der Waals surface area contributed by atoms with Crippen LogP contribution in [0.1, 0.15) is 11.1 Å². The van der Waals surface area contributed by atoms with Crippen molar-refractivity contribution in [3.8, 4) is 11.5 Å². The van der Waals surface area contributed by atoms with Gasteiger partial charge in [-0.05, 0) is 23.8 Å². The van der Waals surface area contributed by atoms with Crippen molar-refractivity contribution < 1.29 is 4.74 Å². The number of aromatic nitrogens is 2. The zero-order chi connectivity index (χ0) is 19.0. The predicted molar refractivity (Wildman–Crippen MR) is 116 cm³/mol. The summed E-state index contributed by atoms with van der Waals surface area (Å²) in [4.78, 5) is 0. The number of thioether (sulfide) groups is 1. The van der Waals surface area contributed by atoms with Gasteiger partial charge in [0.25, 0.3) is 0 Å². The number of nitrogens with zero attached hydrogens (tertiary/aromatic N) is 2. The van der Waals surface area contributed by atoms with Gasteiger partial charge in [-0.1, -0.05) is 89.8 Å². The number of anilines is 1. The highest BCUT2D eigenvalue weighted by atomic mass is 32.2. The molecule has 1 N–H and O–H groups in total. The van der Waals surface area contributed by atoms with Crippen LogP contribution in [-0.4, -0.2) is 10.2 Å². The van der Waals surface area contributed by atoms with E-state index in [1.165, 1.54) is 5.56 Å². The second-order valence-electron chi connectivity index (χ2n) is 6.02. The molecule has 4 nitrogen and oxygen atoms in total. The first kappa shape index (κ1) is 18.5. The molecule has 1 heterocycles. The lowest BCUT2D eigenvalue weighted by Gasteiger charge is -2.10. The van der Waals surface area contributed by atoms with E-state index in [9.17, 15) is 0 Å². The molecule has 0 radical (unpaired) electrons. The van der Waals surface area contributed by atoms with Crippen molar-refractivity contribution >= 4 is 28.2 Å². The first-order chi connectivity index (χ1) is 13.9. The second kappa shape index (κ2) is 9.39. The van der Waals surface area contributed by atoms with Gasteiger partial charge >= 0.3 is 0 Å². The fourth-order valence-electron chi connectivity index (χ4n) is 2.59. The normalized spacial score (nSPS) is 10.6. The highest BCUT2D eigenvalue weighted by molar-refractivity contribution is 8.00. The van der Waals surface area contributed by atoms with Crippen LogP contribution in [0.25, 0.3) is 0 Å². The molecule has 0 bridgehead atoms. The predicted octanol–water partition coefficient (Wildman–Crippen LogP) is 6.23. The van der Waals surface area contributed by atoms with Crippen molar-refractivity contribution in [2.24, 2.45) is 0 Å². The molecule has 0 saturated heterocycles. The van der Waals surface area contributed by atoms with Crippen molar-refractivity contribution in [3.05, 3.63) is 96.1 Å². The average molecular weight is 406 g/mol. The Hall–Kier alpha value is -2.83. The van der Waals surface area contributed by atoms with E-state index >= 15 is 0 Å². The summed E-state index contributed by atoms with van der Waals surface area (Å²) in [5.41, 5.74) is 2.35. The standard InChI is InChI=1S/C22H19N3OS2/c1-3-9-17(10-4-1)15-23-21-24-25-22(28-21)27-16-18-11-7-8-14-20(18)26-19-12-5-2-6-13-19/h1-14H,15-16H2,(H,23,24). The third-order valence-electron chi connectivity index (χ3n) is 3.99. The van der Waals surface area contributed by atoms with E-state index in [2.05, 4.69) is 33.7 Å². The van der Waals surface area contributed by atoms with Crippen LogP contribution in [0.5, 0.6) is 11.5 Å². The Labute approximate surface area is 172 Å². The lowest BCUT2D eigenvalue weighted by atomic mass is 10.2. The Bertz CT molecular complexity index is 1010. The fourth-order valence-corrected chi connectivity index (χ4v) is 4.33. The van der Waals surface area contributed by atoms with E-state index < -0.39 is 0 Å². The van der Waals surface area contributed by atoms with Gasteiger partial charge in [0.05, 0.1) is 0 Å². The SMILES string of the molecule is c1ccc(CNc2nnc(SCc3ccccc3Oc3ccccc3)s2)cc1. The lowest BCUT2D eigenvalue weighted by molar-refractivity contribution is 0.478. The van der Waals surface area contributed by atoms with Crippen LogP contribution in [0, 0.1) is 0 Å². The third kappa shape index (κ3) is 5.12. The highest BCUT2D eigenvalue weighted by Crippen LogP contribution is 2.33. The van der Waals surface area contributed by atoms with E-state index in [0.29, 0.717) is 0 Å². The van der Waals surface area contributed by atoms with Crippen LogP contribution in [0.2, 0.25) is 0 Å². The number of benzene rings is 3. The summed E-state index contributed by atoms with van der Waals surface area (Å²) in [6.07, 6.45) is 0. The summed E-state index contributed by atoms with van der Waals surface area (Å²) < 4.78 is 6.97. The number of para-hydroxylation sites is 2. The molecular formula is C22H19N3OS2. The van der Waals surface area contributed by atoms with Gasteiger partial charge in [-0.15, -0.1) is 10.2 Å². The lowest BCUT2D eigenvalue weighted by Crippen LogP contribution is -1.98. The van der Waals surface area contributed by atoms with Crippen molar-refractivity contribution in [2.75, 3.05) is 5.32 Å². The van der Waals surface area contributed by atoms with Crippen LogP contribution in [0.3, 0.4) is 0 Å². The van der Waals surface area contributed by atoms with Crippen LogP contribution in [0.4, 0.5) is 5.13 Å². The topological polar surface area (TPSA) is 47.0 Å². The maximum absolute atomic E-state index is 6.03. The van der Waals surface area contributed by atoms with Gasteiger partial charge in [0.1, 0.15) is 11.5 Å². The number of hydrogen-bond donors (Lipinski definition) is 1. The summed E-state index contributed by atoms with van der Waals surface area (Å²) in [5, 5.41) is 12.7. The van der Waals surface area contributed by atoms with Gasteiger partial charge < -0.3 is 10.1 Å². The molecule has 0 unspecified atom stereocenters. The molecule has 1 aromatic heterocycles. The molecule has 0 amide bonds.